The zero-order valence-electron chi connectivity index (χ0n) is 21.9. The van der Waals surface area contributed by atoms with Crippen molar-refractivity contribution in [2.75, 3.05) is 13.2 Å². The summed E-state index contributed by atoms with van der Waals surface area (Å²) in [6.45, 7) is 13.3. The molecule has 7 aliphatic rings. The first-order chi connectivity index (χ1) is 16.2. The molecule has 5 saturated carbocycles. The van der Waals surface area contributed by atoms with Crippen molar-refractivity contribution in [3.63, 3.8) is 0 Å². The topological polar surface area (TPSA) is 60.3 Å². The van der Waals surface area contributed by atoms with Crippen LogP contribution < -0.4 is 0 Å². The second-order valence-corrected chi connectivity index (χ2v) is 14.1. The second-order valence-electron chi connectivity index (χ2n) is 14.1. The van der Waals surface area contributed by atoms with E-state index in [1.165, 1.54) is 44.9 Å². The Morgan fingerprint density at radius 3 is 2.38 bits per heavy atom. The normalized spacial score (nSPS) is 55.4. The molecule has 7 rings (SSSR count). The van der Waals surface area contributed by atoms with Crippen molar-refractivity contribution in [1.82, 2.24) is 0 Å². The maximum Gasteiger partial charge on any atom is 0.175 e. The van der Waals surface area contributed by atoms with Crippen molar-refractivity contribution >= 4 is 5.71 Å². The fraction of sp³-hybridized carbons (Fsp3) is 0.966. The molecule has 1 unspecified atom stereocenters. The number of hydrogen-bond donors (Lipinski definition) is 1. The van der Waals surface area contributed by atoms with Gasteiger partial charge in [0, 0.05) is 17.8 Å². The van der Waals surface area contributed by atoms with Gasteiger partial charge in [-0.1, -0.05) is 39.8 Å². The minimum Gasteiger partial charge on any atom is -0.389 e. The number of oxime groups is 1. The summed E-state index contributed by atoms with van der Waals surface area (Å²) in [7, 11) is 0. The van der Waals surface area contributed by atoms with E-state index < -0.39 is 6.10 Å². The number of aliphatic hydroxyl groups is 1. The van der Waals surface area contributed by atoms with E-state index in [1.807, 2.05) is 0 Å². The Bertz CT molecular complexity index is 897. The van der Waals surface area contributed by atoms with E-state index >= 15 is 0 Å². The Morgan fingerprint density at radius 1 is 0.941 bits per heavy atom. The number of nitrogens with zero attached hydrogens (tertiary/aromatic N) is 1. The SMILES string of the molecule is CC(C)C1=NO[C@H]([C@@H](C)C2CC[C@H]3[C@@H]4CC5(OCCO5)[C@]56C[C@H]5CC[C@]6(C)[C@H]4CC[C@]23C)[C@@H]1O. The number of hydrogen-bond acceptors (Lipinski definition) is 5. The zero-order chi connectivity index (χ0) is 23.7. The van der Waals surface area contributed by atoms with Gasteiger partial charge in [-0.15, -0.1) is 0 Å². The molecule has 0 aromatic carbocycles. The largest absolute Gasteiger partial charge is 0.389 e. The molecule has 2 aliphatic heterocycles. The molecule has 0 amide bonds. The van der Waals surface area contributed by atoms with Gasteiger partial charge in [-0.25, -0.2) is 0 Å². The highest BCUT2D eigenvalue weighted by Crippen LogP contribution is 2.85. The molecule has 2 spiro atoms. The van der Waals surface area contributed by atoms with Crippen molar-refractivity contribution in [3.05, 3.63) is 0 Å². The third kappa shape index (κ3) is 2.46. The molecule has 5 aliphatic carbocycles. The van der Waals surface area contributed by atoms with Crippen molar-refractivity contribution < 1.29 is 19.4 Å². The smallest absolute Gasteiger partial charge is 0.175 e. The van der Waals surface area contributed by atoms with Crippen LogP contribution in [0.3, 0.4) is 0 Å². The summed E-state index contributed by atoms with van der Waals surface area (Å²) in [4.78, 5) is 5.91. The molecular weight excluding hydrogens is 426 g/mol. The van der Waals surface area contributed by atoms with E-state index in [9.17, 15) is 5.11 Å². The summed E-state index contributed by atoms with van der Waals surface area (Å²) in [6, 6.07) is 0. The van der Waals surface area contributed by atoms with E-state index in [2.05, 4.69) is 39.8 Å². The standard InChI is InChI=1S/C29H45NO4/c1-16(2)23-24(31)25(34-30-23)17(3)20-6-7-21-19-15-29(32-12-13-33-29)28-14-18(28)8-11-27(28,5)22(19)9-10-26(20,21)4/h16-22,24-25,31H,6-15H2,1-5H3/t17-,18+,19-,20?,21-,22-,24+,25+,26+,27+,28+/m0/s1. The molecule has 190 valence electrons. The fourth-order valence-corrected chi connectivity index (χ4v) is 11.5. The van der Waals surface area contributed by atoms with Crippen molar-refractivity contribution in [2.24, 2.45) is 62.8 Å². The highest BCUT2D eigenvalue weighted by Gasteiger charge is 2.83. The molecule has 5 nitrogen and oxygen atoms in total. The molecule has 0 bridgehead atoms. The van der Waals surface area contributed by atoms with Gasteiger partial charge >= 0.3 is 0 Å². The Balaban J connectivity index is 1.18. The lowest BCUT2D eigenvalue weighted by atomic mass is 9.44. The molecule has 2 heterocycles. The van der Waals surface area contributed by atoms with Crippen LogP contribution in [0, 0.1) is 57.7 Å². The summed E-state index contributed by atoms with van der Waals surface area (Å²) >= 11 is 0. The zero-order valence-corrected chi connectivity index (χ0v) is 21.9. The van der Waals surface area contributed by atoms with E-state index in [0.29, 0.717) is 34.0 Å². The highest BCUT2D eigenvalue weighted by molar-refractivity contribution is 5.91. The molecule has 34 heavy (non-hydrogen) atoms. The first-order valence-electron chi connectivity index (χ1n) is 14.4. The quantitative estimate of drug-likeness (QED) is 0.598. The summed E-state index contributed by atoms with van der Waals surface area (Å²) in [5.41, 5.74) is 1.79. The van der Waals surface area contributed by atoms with Crippen LogP contribution in [0.5, 0.6) is 0 Å². The first kappa shape index (κ1) is 22.5. The monoisotopic (exact) mass is 471 g/mol. The lowest BCUT2D eigenvalue weighted by Crippen LogP contribution is -2.62. The Kier molecular flexibility index (Phi) is 4.65. The van der Waals surface area contributed by atoms with Gasteiger partial charge in [-0.3, -0.25) is 0 Å². The van der Waals surface area contributed by atoms with E-state index in [1.54, 1.807) is 0 Å². The first-order valence-corrected chi connectivity index (χ1v) is 14.4. The second kappa shape index (κ2) is 7.01. The molecule has 1 N–H and O–H groups in total. The van der Waals surface area contributed by atoms with E-state index in [0.717, 1.165) is 43.1 Å². The molecule has 1 saturated heterocycles. The Morgan fingerprint density at radius 2 is 1.71 bits per heavy atom. The van der Waals surface area contributed by atoms with Crippen molar-refractivity contribution in [3.8, 4) is 0 Å². The van der Waals surface area contributed by atoms with Gasteiger partial charge in [0.15, 0.2) is 11.9 Å². The maximum absolute atomic E-state index is 11.0. The van der Waals surface area contributed by atoms with Crippen LogP contribution in [-0.2, 0) is 14.3 Å². The van der Waals surface area contributed by atoms with Crippen molar-refractivity contribution in [2.45, 2.75) is 104 Å². The number of ether oxygens (including phenoxy) is 2. The van der Waals surface area contributed by atoms with Crippen LogP contribution in [-0.4, -0.2) is 42.0 Å². The highest BCUT2D eigenvalue weighted by atomic mass is 16.7. The number of rotatable bonds is 3. The van der Waals surface area contributed by atoms with Gasteiger partial charge in [0.1, 0.15) is 6.10 Å². The molecule has 5 heteroatoms. The van der Waals surface area contributed by atoms with Crippen LogP contribution in [0.15, 0.2) is 5.16 Å². The fourth-order valence-electron chi connectivity index (χ4n) is 11.5. The number of aliphatic hydroxyl groups excluding tert-OH is 1. The molecule has 6 fully saturated rings. The molecule has 11 atom stereocenters. The van der Waals surface area contributed by atoms with Crippen LogP contribution in [0.4, 0.5) is 0 Å². The molecule has 0 aromatic heterocycles. The summed E-state index contributed by atoms with van der Waals surface area (Å²) in [5.74, 6) is 3.86. The van der Waals surface area contributed by atoms with Gasteiger partial charge in [0.2, 0.25) is 0 Å². The Hall–Kier alpha value is -0.650. The average Bonchev–Trinajstić information content (AvgIpc) is 3.16. The van der Waals surface area contributed by atoms with Gasteiger partial charge in [-0.05, 0) is 91.3 Å². The maximum atomic E-state index is 11.0. The average molecular weight is 472 g/mol. The van der Waals surface area contributed by atoms with E-state index in [-0.39, 0.29) is 17.8 Å². The van der Waals surface area contributed by atoms with Crippen LogP contribution in [0.25, 0.3) is 0 Å². The van der Waals surface area contributed by atoms with Crippen LogP contribution in [0.2, 0.25) is 0 Å². The van der Waals surface area contributed by atoms with Crippen LogP contribution >= 0.6 is 0 Å². The summed E-state index contributed by atoms with van der Waals surface area (Å²) in [5, 5.41) is 15.4. The lowest BCUT2D eigenvalue weighted by Gasteiger charge is -2.63. The summed E-state index contributed by atoms with van der Waals surface area (Å²) < 4.78 is 13.3. The molecule has 0 radical (unpaired) electrons. The minimum atomic E-state index is -0.559. The van der Waals surface area contributed by atoms with Gasteiger partial charge in [0.05, 0.1) is 18.9 Å². The van der Waals surface area contributed by atoms with Crippen molar-refractivity contribution in [1.29, 1.82) is 0 Å². The summed E-state index contributed by atoms with van der Waals surface area (Å²) in [6.07, 6.45) is 9.67. The predicted octanol–water partition coefficient (Wildman–Crippen LogP) is 5.41. The van der Waals surface area contributed by atoms with Gasteiger partial charge < -0.3 is 19.4 Å². The Labute approximate surface area is 205 Å². The van der Waals surface area contributed by atoms with E-state index in [4.69, 9.17) is 14.3 Å². The van der Waals surface area contributed by atoms with Gasteiger partial charge in [0.25, 0.3) is 0 Å². The molecular formula is C29H45NO4. The lowest BCUT2D eigenvalue weighted by molar-refractivity contribution is -0.294. The third-order valence-corrected chi connectivity index (χ3v) is 13.0. The minimum absolute atomic E-state index is 0.197. The molecule has 0 aromatic rings. The van der Waals surface area contributed by atoms with Gasteiger partial charge in [-0.2, -0.15) is 0 Å². The third-order valence-electron chi connectivity index (χ3n) is 13.0. The number of fused-ring (bicyclic) bond motifs is 4. The van der Waals surface area contributed by atoms with Crippen LogP contribution in [0.1, 0.15) is 86.0 Å². The predicted molar refractivity (Wildman–Crippen MR) is 130 cm³/mol.